The van der Waals surface area contributed by atoms with E-state index in [1.807, 2.05) is 0 Å². The van der Waals surface area contributed by atoms with Crippen LogP contribution in [0.1, 0.15) is 16.2 Å². The van der Waals surface area contributed by atoms with Crippen molar-refractivity contribution in [2.75, 3.05) is 12.4 Å². The highest BCUT2D eigenvalue weighted by Gasteiger charge is 2.32. The maximum atomic E-state index is 12.6. The van der Waals surface area contributed by atoms with Gasteiger partial charge in [-0.15, -0.1) is 0 Å². The minimum atomic E-state index is -4.61. The Morgan fingerprint density at radius 3 is 2.68 bits per heavy atom. The average Bonchev–Trinajstić information content (AvgIpc) is 2.46. The van der Waals surface area contributed by atoms with Crippen LogP contribution in [0.5, 0.6) is 5.88 Å². The molecule has 0 saturated carbocycles. The van der Waals surface area contributed by atoms with Crippen LogP contribution in [-0.2, 0) is 6.18 Å². The zero-order valence-corrected chi connectivity index (χ0v) is 11.7. The first kappa shape index (κ1) is 16.0. The summed E-state index contributed by atoms with van der Waals surface area (Å²) in [6.07, 6.45) is -3.67. The highest BCUT2D eigenvalue weighted by Crippen LogP contribution is 2.28. The minimum absolute atomic E-state index is 0.0517. The Bertz CT molecular complexity index is 709. The molecule has 0 radical (unpaired) electrons. The molecule has 0 aliphatic carbocycles. The van der Waals surface area contributed by atoms with Crippen LogP contribution in [0.2, 0.25) is 5.28 Å². The van der Waals surface area contributed by atoms with E-state index in [4.69, 9.17) is 16.3 Å². The van der Waals surface area contributed by atoms with Gasteiger partial charge in [-0.2, -0.15) is 18.2 Å². The van der Waals surface area contributed by atoms with Gasteiger partial charge in [-0.1, -0.05) is 0 Å². The lowest BCUT2D eigenvalue weighted by Crippen LogP contribution is -2.16. The lowest BCUT2D eigenvalue weighted by Gasteiger charge is -2.09. The van der Waals surface area contributed by atoms with Crippen molar-refractivity contribution in [3.8, 4) is 5.88 Å². The number of amides is 1. The molecular weight excluding hydrogens is 325 g/mol. The van der Waals surface area contributed by atoms with Crippen LogP contribution in [-0.4, -0.2) is 28.0 Å². The molecular formula is C12H8ClF3N4O2. The van der Waals surface area contributed by atoms with Gasteiger partial charge >= 0.3 is 6.18 Å². The van der Waals surface area contributed by atoms with Gasteiger partial charge in [0.15, 0.2) is 0 Å². The van der Waals surface area contributed by atoms with Crippen molar-refractivity contribution in [3.05, 3.63) is 41.1 Å². The third-order valence-electron chi connectivity index (χ3n) is 2.43. The fraction of sp³-hybridized carbons (Fsp3) is 0.167. The maximum absolute atomic E-state index is 12.6. The molecule has 0 aromatic carbocycles. The van der Waals surface area contributed by atoms with Crippen LogP contribution < -0.4 is 10.1 Å². The van der Waals surface area contributed by atoms with E-state index in [0.29, 0.717) is 6.07 Å². The molecule has 1 amide bonds. The summed E-state index contributed by atoms with van der Waals surface area (Å²) in [5, 5.41) is 2.04. The third-order valence-corrected chi connectivity index (χ3v) is 2.59. The number of carbonyl (C=O) groups excluding carboxylic acids is 1. The molecule has 0 atom stereocenters. The zero-order chi connectivity index (χ0) is 16.3. The fourth-order valence-electron chi connectivity index (χ4n) is 1.48. The smallest absolute Gasteiger partial charge is 0.433 e. The number of rotatable bonds is 3. The summed E-state index contributed by atoms with van der Waals surface area (Å²) >= 11 is 5.62. The van der Waals surface area contributed by atoms with E-state index in [-0.39, 0.29) is 22.5 Å². The van der Waals surface area contributed by atoms with E-state index in [1.54, 1.807) is 0 Å². The molecule has 1 N–H and O–H groups in total. The second-order valence-electron chi connectivity index (χ2n) is 3.95. The van der Waals surface area contributed by atoms with E-state index < -0.39 is 17.8 Å². The molecule has 0 fully saturated rings. The summed E-state index contributed by atoms with van der Waals surface area (Å²) < 4.78 is 42.5. The summed E-state index contributed by atoms with van der Waals surface area (Å²) in [7, 11) is 1.32. The summed E-state index contributed by atoms with van der Waals surface area (Å²) in [4.78, 5) is 22.5. The van der Waals surface area contributed by atoms with E-state index in [9.17, 15) is 18.0 Å². The summed E-state index contributed by atoms with van der Waals surface area (Å²) in [6.45, 7) is 0. The number of anilines is 1. The van der Waals surface area contributed by atoms with Crippen LogP contribution in [0.4, 0.5) is 18.9 Å². The molecule has 0 bridgehead atoms. The Morgan fingerprint density at radius 1 is 1.32 bits per heavy atom. The normalized spacial score (nSPS) is 11.1. The largest absolute Gasteiger partial charge is 0.481 e. The van der Waals surface area contributed by atoms with Crippen LogP contribution in [0.25, 0.3) is 0 Å². The quantitative estimate of drug-likeness (QED) is 0.875. The second kappa shape index (κ2) is 6.14. The number of halogens is 4. The van der Waals surface area contributed by atoms with Crippen LogP contribution >= 0.6 is 11.6 Å². The number of nitrogens with one attached hydrogen (secondary N) is 1. The SMILES string of the molecule is COc1cc(C(=O)Nc2ccnc(C(F)(F)F)c2)nc(Cl)n1. The average molecular weight is 333 g/mol. The van der Waals surface area contributed by atoms with Crippen LogP contribution in [0.15, 0.2) is 24.4 Å². The number of hydrogen-bond acceptors (Lipinski definition) is 5. The van der Waals surface area contributed by atoms with Crippen molar-refractivity contribution in [1.82, 2.24) is 15.0 Å². The summed E-state index contributed by atoms with van der Waals surface area (Å²) in [6, 6.07) is 3.12. The number of methoxy groups -OCH3 is 1. The number of pyridine rings is 1. The van der Waals surface area contributed by atoms with Gasteiger partial charge in [0.25, 0.3) is 5.91 Å². The van der Waals surface area contributed by atoms with Gasteiger partial charge in [-0.25, -0.2) is 4.98 Å². The molecule has 0 saturated heterocycles. The molecule has 0 aliphatic heterocycles. The molecule has 0 aliphatic rings. The van der Waals surface area contributed by atoms with Crippen molar-refractivity contribution in [1.29, 1.82) is 0 Å². The minimum Gasteiger partial charge on any atom is -0.481 e. The molecule has 6 nitrogen and oxygen atoms in total. The van der Waals surface area contributed by atoms with Crippen molar-refractivity contribution >= 4 is 23.2 Å². The second-order valence-corrected chi connectivity index (χ2v) is 4.28. The molecule has 2 heterocycles. The van der Waals surface area contributed by atoms with Crippen molar-refractivity contribution in [3.63, 3.8) is 0 Å². The predicted octanol–water partition coefficient (Wildman–Crippen LogP) is 2.80. The van der Waals surface area contributed by atoms with Gasteiger partial charge in [0.05, 0.1) is 7.11 Å². The highest BCUT2D eigenvalue weighted by molar-refractivity contribution is 6.28. The number of alkyl halides is 3. The first-order valence-corrected chi connectivity index (χ1v) is 6.10. The van der Waals surface area contributed by atoms with Crippen LogP contribution in [0.3, 0.4) is 0 Å². The topological polar surface area (TPSA) is 77.0 Å². The van der Waals surface area contributed by atoms with Crippen molar-refractivity contribution < 1.29 is 22.7 Å². The Kier molecular flexibility index (Phi) is 4.45. The summed E-state index contributed by atoms with van der Waals surface area (Å²) in [5.41, 5.74) is -1.35. The number of hydrogen-bond donors (Lipinski definition) is 1. The molecule has 2 aromatic rings. The first-order chi connectivity index (χ1) is 10.3. The van der Waals surface area contributed by atoms with Gasteiger partial charge in [-0.05, 0) is 23.7 Å². The van der Waals surface area contributed by atoms with Gasteiger partial charge < -0.3 is 10.1 Å². The number of ether oxygens (including phenoxy) is 1. The lowest BCUT2D eigenvalue weighted by atomic mass is 10.3. The Labute approximate surface area is 127 Å². The molecule has 10 heteroatoms. The number of aromatic nitrogens is 3. The zero-order valence-electron chi connectivity index (χ0n) is 11.0. The molecule has 2 rings (SSSR count). The summed E-state index contributed by atoms with van der Waals surface area (Å²) in [5.74, 6) is -0.710. The maximum Gasteiger partial charge on any atom is 0.433 e. The van der Waals surface area contributed by atoms with Crippen molar-refractivity contribution in [2.45, 2.75) is 6.18 Å². The first-order valence-electron chi connectivity index (χ1n) is 5.73. The molecule has 22 heavy (non-hydrogen) atoms. The third kappa shape index (κ3) is 3.82. The van der Waals surface area contributed by atoms with E-state index in [1.165, 1.54) is 19.2 Å². The molecule has 116 valence electrons. The Morgan fingerprint density at radius 2 is 2.05 bits per heavy atom. The highest BCUT2D eigenvalue weighted by atomic mass is 35.5. The van der Waals surface area contributed by atoms with Crippen LogP contribution in [0, 0.1) is 0 Å². The molecule has 2 aromatic heterocycles. The number of nitrogens with zero attached hydrogens (tertiary/aromatic N) is 3. The Balaban J connectivity index is 2.24. The van der Waals surface area contributed by atoms with Gasteiger partial charge in [-0.3, -0.25) is 9.78 Å². The standard InChI is InChI=1S/C12H8ClF3N4O2/c1-22-9-5-7(19-11(13)20-9)10(21)18-6-2-3-17-8(4-6)12(14,15)16/h2-5H,1H3,(H,17,18,21). The van der Waals surface area contributed by atoms with Gasteiger partial charge in [0, 0.05) is 18.0 Å². The predicted molar refractivity (Wildman–Crippen MR) is 70.8 cm³/mol. The van der Waals surface area contributed by atoms with Crippen molar-refractivity contribution in [2.24, 2.45) is 0 Å². The van der Waals surface area contributed by atoms with Gasteiger partial charge in [0.1, 0.15) is 11.4 Å². The molecule has 0 unspecified atom stereocenters. The lowest BCUT2D eigenvalue weighted by molar-refractivity contribution is -0.141. The van der Waals surface area contributed by atoms with Gasteiger partial charge in [0.2, 0.25) is 11.2 Å². The Hall–Kier alpha value is -2.42. The van der Waals surface area contributed by atoms with E-state index >= 15 is 0 Å². The monoisotopic (exact) mass is 332 g/mol. The van der Waals surface area contributed by atoms with E-state index in [0.717, 1.165) is 6.20 Å². The fourth-order valence-corrected chi connectivity index (χ4v) is 1.65. The van der Waals surface area contributed by atoms with E-state index in [2.05, 4.69) is 20.3 Å². The number of carbonyl (C=O) groups is 1. The molecule has 0 spiro atoms.